The summed E-state index contributed by atoms with van der Waals surface area (Å²) in [7, 11) is 2.00. The minimum absolute atomic E-state index is 0.961. The van der Waals surface area contributed by atoms with Gasteiger partial charge in [0.25, 0.3) is 0 Å². The normalized spacial score (nSPS) is 20.5. The highest BCUT2D eigenvalue weighted by atomic mass is 79.9. The zero-order valence-electron chi connectivity index (χ0n) is 9.71. The highest BCUT2D eigenvalue weighted by Gasteiger charge is 2.09. The Bertz CT molecular complexity index is 362. The van der Waals surface area contributed by atoms with E-state index in [1.54, 1.807) is 0 Å². The first-order valence-electron chi connectivity index (χ1n) is 5.08. The van der Waals surface area contributed by atoms with Crippen molar-refractivity contribution in [2.45, 2.75) is 27.2 Å². The van der Waals surface area contributed by atoms with Crippen LogP contribution in [0.5, 0.6) is 0 Å². The molecular formula is C12H17BrN2. The fraction of sp³-hybridized carbons (Fsp3) is 0.417. The maximum absolute atomic E-state index is 4.49. The Morgan fingerprint density at radius 2 is 2.27 bits per heavy atom. The number of aliphatic imine (C=N–C) groups is 1. The Kier molecular flexibility index (Phi) is 4.33. The first-order valence-corrected chi connectivity index (χ1v) is 5.87. The molecule has 0 spiro atoms. The van der Waals surface area contributed by atoms with Crippen molar-refractivity contribution in [2.24, 2.45) is 4.99 Å². The third-order valence-corrected chi connectivity index (χ3v) is 2.88. The third kappa shape index (κ3) is 3.34. The zero-order valence-corrected chi connectivity index (χ0v) is 11.3. The minimum Gasteiger partial charge on any atom is -0.335 e. The SMILES string of the molecule is CCC(C)=C/C(Br)=C1/N=C(C)C=CN1C. The van der Waals surface area contributed by atoms with E-state index in [9.17, 15) is 0 Å². The van der Waals surface area contributed by atoms with Crippen molar-refractivity contribution in [3.8, 4) is 0 Å². The van der Waals surface area contributed by atoms with Crippen LogP contribution in [-0.4, -0.2) is 17.7 Å². The molecule has 0 N–H and O–H groups in total. The number of hydrogen-bond acceptors (Lipinski definition) is 2. The van der Waals surface area contributed by atoms with Crippen LogP contribution in [0.15, 0.2) is 39.2 Å². The summed E-state index contributed by atoms with van der Waals surface area (Å²) < 4.78 is 1.04. The van der Waals surface area contributed by atoms with Crippen molar-refractivity contribution >= 4 is 21.6 Å². The van der Waals surface area contributed by atoms with Crippen LogP contribution in [0.1, 0.15) is 27.2 Å². The van der Waals surface area contributed by atoms with E-state index >= 15 is 0 Å². The van der Waals surface area contributed by atoms with Gasteiger partial charge >= 0.3 is 0 Å². The molecule has 0 unspecified atom stereocenters. The van der Waals surface area contributed by atoms with Gasteiger partial charge in [0.05, 0.1) is 4.48 Å². The molecule has 0 aromatic carbocycles. The quantitative estimate of drug-likeness (QED) is 0.744. The summed E-state index contributed by atoms with van der Waals surface area (Å²) >= 11 is 3.57. The summed E-state index contributed by atoms with van der Waals surface area (Å²) in [5, 5.41) is 0. The van der Waals surface area contributed by atoms with Gasteiger partial charge in [0.15, 0.2) is 0 Å². The topological polar surface area (TPSA) is 15.6 Å². The van der Waals surface area contributed by atoms with E-state index < -0.39 is 0 Å². The van der Waals surface area contributed by atoms with Crippen LogP contribution in [0.25, 0.3) is 0 Å². The molecule has 0 amide bonds. The van der Waals surface area contributed by atoms with E-state index in [1.807, 2.05) is 31.1 Å². The van der Waals surface area contributed by atoms with Crippen LogP contribution in [0.2, 0.25) is 0 Å². The Hall–Kier alpha value is -0.830. The fourth-order valence-corrected chi connectivity index (χ4v) is 1.94. The van der Waals surface area contributed by atoms with E-state index in [4.69, 9.17) is 0 Å². The molecule has 3 heteroatoms. The average Bonchev–Trinajstić information content (AvgIpc) is 2.21. The molecule has 0 radical (unpaired) electrons. The molecule has 0 fully saturated rings. The van der Waals surface area contributed by atoms with Crippen molar-refractivity contribution in [1.29, 1.82) is 0 Å². The molecule has 0 aliphatic carbocycles. The lowest BCUT2D eigenvalue weighted by Gasteiger charge is -2.19. The Labute approximate surface area is 100 Å². The van der Waals surface area contributed by atoms with Crippen molar-refractivity contribution in [1.82, 2.24) is 4.90 Å². The molecule has 0 aromatic rings. The molecule has 0 saturated heterocycles. The van der Waals surface area contributed by atoms with Crippen LogP contribution in [-0.2, 0) is 0 Å². The number of allylic oxidation sites excluding steroid dienone is 4. The highest BCUT2D eigenvalue weighted by Crippen LogP contribution is 2.22. The summed E-state index contributed by atoms with van der Waals surface area (Å²) in [5.74, 6) is 0.961. The molecule has 1 rings (SSSR count). The Balaban J connectivity index is 3.04. The largest absolute Gasteiger partial charge is 0.335 e. The molecule has 1 aliphatic heterocycles. The maximum atomic E-state index is 4.49. The van der Waals surface area contributed by atoms with Gasteiger partial charge in [-0.15, -0.1) is 0 Å². The summed E-state index contributed by atoms with van der Waals surface area (Å²) in [6.07, 6.45) is 7.21. The van der Waals surface area contributed by atoms with Gasteiger partial charge in [-0.25, -0.2) is 4.99 Å². The van der Waals surface area contributed by atoms with Crippen LogP contribution in [0, 0.1) is 0 Å². The standard InChI is InChI=1S/C12H17BrN2/c1-5-9(2)8-11(13)12-14-10(3)6-7-15(12)4/h6-8H,5H2,1-4H3/b9-8?,12-11+. The minimum atomic E-state index is 0.961. The molecule has 0 bridgehead atoms. The number of hydrogen-bond donors (Lipinski definition) is 0. The summed E-state index contributed by atoms with van der Waals surface area (Å²) in [6.45, 7) is 6.27. The molecule has 2 nitrogen and oxygen atoms in total. The van der Waals surface area contributed by atoms with Crippen molar-refractivity contribution in [2.75, 3.05) is 7.05 Å². The van der Waals surface area contributed by atoms with Crippen molar-refractivity contribution in [3.63, 3.8) is 0 Å². The van der Waals surface area contributed by atoms with Crippen molar-refractivity contribution in [3.05, 3.63) is 34.2 Å². The summed E-state index contributed by atoms with van der Waals surface area (Å²) in [4.78, 5) is 6.50. The fourth-order valence-electron chi connectivity index (χ4n) is 1.18. The average molecular weight is 269 g/mol. The van der Waals surface area contributed by atoms with Gasteiger partial charge in [-0.05, 0) is 48.4 Å². The van der Waals surface area contributed by atoms with Gasteiger partial charge < -0.3 is 4.90 Å². The Morgan fingerprint density at radius 1 is 1.60 bits per heavy atom. The lowest BCUT2D eigenvalue weighted by molar-refractivity contribution is 0.556. The molecule has 1 heterocycles. The van der Waals surface area contributed by atoms with E-state index in [1.165, 1.54) is 5.57 Å². The molecule has 1 aliphatic rings. The number of nitrogens with zero attached hydrogens (tertiary/aromatic N) is 2. The summed E-state index contributed by atoms with van der Waals surface area (Å²) in [6, 6.07) is 0. The second-order valence-electron chi connectivity index (χ2n) is 3.70. The van der Waals surface area contributed by atoms with Gasteiger partial charge in [-0.1, -0.05) is 12.5 Å². The Morgan fingerprint density at radius 3 is 2.87 bits per heavy atom. The van der Waals surface area contributed by atoms with Crippen LogP contribution in [0.4, 0.5) is 0 Å². The van der Waals surface area contributed by atoms with E-state index in [-0.39, 0.29) is 0 Å². The zero-order chi connectivity index (χ0) is 11.4. The smallest absolute Gasteiger partial charge is 0.146 e. The molecule has 82 valence electrons. The van der Waals surface area contributed by atoms with Gasteiger partial charge in [0.1, 0.15) is 5.82 Å². The number of rotatable bonds is 2. The second kappa shape index (κ2) is 5.31. The number of halogens is 1. The predicted octanol–water partition coefficient (Wildman–Crippen LogP) is 3.83. The highest BCUT2D eigenvalue weighted by molar-refractivity contribution is 9.11. The monoisotopic (exact) mass is 268 g/mol. The van der Waals surface area contributed by atoms with Gasteiger partial charge in [0.2, 0.25) is 0 Å². The first kappa shape index (κ1) is 12.2. The third-order valence-electron chi connectivity index (χ3n) is 2.30. The van der Waals surface area contributed by atoms with E-state index in [0.29, 0.717) is 0 Å². The molecule has 0 saturated carbocycles. The van der Waals surface area contributed by atoms with Gasteiger partial charge in [-0.3, -0.25) is 0 Å². The molecule has 0 aromatic heterocycles. The van der Waals surface area contributed by atoms with Crippen LogP contribution >= 0.6 is 15.9 Å². The van der Waals surface area contributed by atoms with Crippen molar-refractivity contribution < 1.29 is 0 Å². The molecular weight excluding hydrogens is 252 g/mol. The van der Waals surface area contributed by atoms with Gasteiger partial charge in [-0.2, -0.15) is 0 Å². The first-order chi connectivity index (χ1) is 7.04. The van der Waals surface area contributed by atoms with Gasteiger partial charge in [0, 0.05) is 19.0 Å². The maximum Gasteiger partial charge on any atom is 0.146 e. The van der Waals surface area contributed by atoms with E-state index in [2.05, 4.69) is 40.8 Å². The lowest BCUT2D eigenvalue weighted by Crippen LogP contribution is -2.14. The van der Waals surface area contributed by atoms with Crippen LogP contribution in [0.3, 0.4) is 0 Å². The predicted molar refractivity (Wildman–Crippen MR) is 70.0 cm³/mol. The van der Waals surface area contributed by atoms with E-state index in [0.717, 1.165) is 22.4 Å². The second-order valence-corrected chi connectivity index (χ2v) is 4.55. The summed E-state index contributed by atoms with van der Waals surface area (Å²) in [5.41, 5.74) is 2.37. The van der Waals surface area contributed by atoms with Crippen LogP contribution < -0.4 is 0 Å². The molecule has 0 atom stereocenters. The lowest BCUT2D eigenvalue weighted by atomic mass is 10.2. The molecule has 15 heavy (non-hydrogen) atoms.